The van der Waals surface area contributed by atoms with Gasteiger partial charge in [-0.2, -0.15) is 0 Å². The molecule has 0 atom stereocenters. The largest absolute Gasteiger partial charge is 0.412 e. The average Bonchev–Trinajstić information content (AvgIpc) is 2.10. The van der Waals surface area contributed by atoms with Gasteiger partial charge >= 0.3 is 0 Å². The number of aliphatic hydroxyl groups is 1. The van der Waals surface area contributed by atoms with Gasteiger partial charge in [0.1, 0.15) is 0 Å². The molecule has 0 rings (SSSR count). The quantitative estimate of drug-likeness (QED) is 0.491. The Balaban J connectivity index is 0. The molecule has 5 heteroatoms. The minimum atomic E-state index is 0. The minimum absolute atomic E-state index is 0. The van der Waals surface area contributed by atoms with Crippen LogP contribution in [0.15, 0.2) is 0 Å². The van der Waals surface area contributed by atoms with Gasteiger partial charge in [0.05, 0.1) is 39.6 Å². The number of rotatable bonds is 9. The van der Waals surface area contributed by atoms with Crippen LogP contribution in [-0.2, 0) is 14.2 Å². The molecule has 0 fully saturated rings. The van der Waals surface area contributed by atoms with Crippen molar-refractivity contribution in [3.63, 3.8) is 0 Å². The first kappa shape index (κ1) is 15.3. The third-order valence-corrected chi connectivity index (χ3v) is 1.18. The molecule has 0 unspecified atom stereocenters. The zero-order valence-corrected chi connectivity index (χ0v) is 8.12. The maximum absolute atomic E-state index is 8.35. The molecule has 0 aromatic heterocycles. The Morgan fingerprint density at radius 2 is 1.31 bits per heavy atom. The summed E-state index contributed by atoms with van der Waals surface area (Å²) in [6, 6.07) is 0. The van der Waals surface area contributed by atoms with Crippen LogP contribution >= 0.6 is 0 Å². The van der Waals surface area contributed by atoms with E-state index < -0.39 is 0 Å². The number of ether oxygens (including phenoxy) is 3. The summed E-state index contributed by atoms with van der Waals surface area (Å²) in [5.41, 5.74) is 0. The molecule has 0 aromatic carbocycles. The summed E-state index contributed by atoms with van der Waals surface area (Å²) in [4.78, 5) is 0. The van der Waals surface area contributed by atoms with Gasteiger partial charge in [0.2, 0.25) is 0 Å². The molecule has 0 radical (unpaired) electrons. The molecule has 0 aliphatic carbocycles. The van der Waals surface area contributed by atoms with E-state index in [1.165, 1.54) is 0 Å². The van der Waals surface area contributed by atoms with Crippen molar-refractivity contribution in [1.29, 1.82) is 0 Å². The van der Waals surface area contributed by atoms with Gasteiger partial charge in [-0.25, -0.2) is 0 Å². The van der Waals surface area contributed by atoms with Gasteiger partial charge < -0.3 is 24.8 Å². The molecule has 0 saturated heterocycles. The van der Waals surface area contributed by atoms with Crippen molar-refractivity contribution in [3.8, 4) is 0 Å². The summed E-state index contributed by atoms with van der Waals surface area (Å²) < 4.78 is 15.2. The van der Waals surface area contributed by atoms with Crippen LogP contribution in [0.5, 0.6) is 0 Å². The lowest BCUT2D eigenvalue weighted by molar-refractivity contribution is 0.00965. The predicted octanol–water partition coefficient (Wildman–Crippen LogP) is -0.776. The van der Waals surface area contributed by atoms with Crippen LogP contribution in [0.2, 0.25) is 0 Å². The Kier molecular flexibility index (Phi) is 16.8. The molecule has 0 heterocycles. The number of aliphatic hydroxyl groups excluding tert-OH is 1. The van der Waals surface area contributed by atoms with Crippen LogP contribution in [0, 0.1) is 0 Å². The van der Waals surface area contributed by atoms with Gasteiger partial charge in [-0.1, -0.05) is 0 Å². The fourth-order valence-corrected chi connectivity index (χ4v) is 0.649. The van der Waals surface area contributed by atoms with E-state index in [2.05, 4.69) is 0 Å². The topological polar surface area (TPSA) is 79.4 Å². The predicted molar refractivity (Wildman–Crippen MR) is 48.8 cm³/mol. The van der Waals surface area contributed by atoms with E-state index in [0.29, 0.717) is 33.0 Å². The van der Waals surface area contributed by atoms with Crippen LogP contribution in [0.25, 0.3) is 0 Å². The van der Waals surface area contributed by atoms with E-state index >= 15 is 0 Å². The van der Waals surface area contributed by atoms with Crippen LogP contribution in [-0.4, -0.2) is 56.8 Å². The molecule has 0 aliphatic rings. The van der Waals surface area contributed by atoms with Crippen LogP contribution in [0.1, 0.15) is 6.92 Å². The maximum Gasteiger partial charge on any atom is 0.0701 e. The zero-order chi connectivity index (χ0) is 9.07. The highest BCUT2D eigenvalue weighted by Gasteiger charge is 1.88. The van der Waals surface area contributed by atoms with Crippen molar-refractivity contribution < 1.29 is 24.8 Å². The number of hydrogen-bond donors (Lipinski definition) is 1. The fraction of sp³-hybridized carbons (Fsp3) is 1.00. The highest BCUT2D eigenvalue weighted by Crippen LogP contribution is 1.79. The molecular weight excluding hydrogens is 176 g/mol. The van der Waals surface area contributed by atoms with Crippen LogP contribution in [0.4, 0.5) is 0 Å². The van der Waals surface area contributed by atoms with E-state index in [1.807, 2.05) is 6.92 Å². The molecular formula is C8H20O5. The molecule has 3 N–H and O–H groups in total. The van der Waals surface area contributed by atoms with E-state index in [-0.39, 0.29) is 12.1 Å². The average molecular weight is 196 g/mol. The lowest BCUT2D eigenvalue weighted by Gasteiger charge is -2.04. The number of hydrogen-bond acceptors (Lipinski definition) is 4. The van der Waals surface area contributed by atoms with Gasteiger partial charge in [0, 0.05) is 6.61 Å². The first-order valence-electron chi connectivity index (χ1n) is 4.26. The molecule has 5 nitrogen and oxygen atoms in total. The molecule has 0 bridgehead atoms. The highest BCUT2D eigenvalue weighted by atomic mass is 16.5. The van der Waals surface area contributed by atoms with Gasteiger partial charge in [-0.15, -0.1) is 0 Å². The summed E-state index contributed by atoms with van der Waals surface area (Å²) >= 11 is 0. The normalized spacial score (nSPS) is 9.69. The maximum atomic E-state index is 8.35. The summed E-state index contributed by atoms with van der Waals surface area (Å²) in [5, 5.41) is 8.35. The molecule has 82 valence electrons. The Morgan fingerprint density at radius 1 is 0.846 bits per heavy atom. The smallest absolute Gasteiger partial charge is 0.0701 e. The van der Waals surface area contributed by atoms with E-state index in [0.717, 1.165) is 6.61 Å². The second-order valence-corrected chi connectivity index (χ2v) is 2.15. The summed E-state index contributed by atoms with van der Waals surface area (Å²) in [5.74, 6) is 0. The van der Waals surface area contributed by atoms with Crippen molar-refractivity contribution in [2.24, 2.45) is 0 Å². The van der Waals surface area contributed by atoms with E-state index in [9.17, 15) is 0 Å². The summed E-state index contributed by atoms with van der Waals surface area (Å²) in [6.45, 7) is 5.47. The van der Waals surface area contributed by atoms with Gasteiger partial charge in [0.15, 0.2) is 0 Å². The van der Waals surface area contributed by atoms with Crippen molar-refractivity contribution in [3.05, 3.63) is 0 Å². The van der Waals surface area contributed by atoms with E-state index in [4.69, 9.17) is 19.3 Å². The van der Waals surface area contributed by atoms with Crippen molar-refractivity contribution in [1.82, 2.24) is 0 Å². The van der Waals surface area contributed by atoms with Crippen molar-refractivity contribution in [2.75, 3.05) is 46.2 Å². The van der Waals surface area contributed by atoms with Gasteiger partial charge in [-0.05, 0) is 6.92 Å². The second-order valence-electron chi connectivity index (χ2n) is 2.15. The highest BCUT2D eigenvalue weighted by molar-refractivity contribution is 4.32. The Bertz CT molecular complexity index is 68.9. The van der Waals surface area contributed by atoms with Gasteiger partial charge in [0.25, 0.3) is 0 Å². The van der Waals surface area contributed by atoms with E-state index in [1.54, 1.807) is 0 Å². The van der Waals surface area contributed by atoms with Gasteiger partial charge in [-0.3, -0.25) is 0 Å². The van der Waals surface area contributed by atoms with Crippen molar-refractivity contribution in [2.45, 2.75) is 6.92 Å². The lowest BCUT2D eigenvalue weighted by atomic mass is 10.7. The Morgan fingerprint density at radius 3 is 1.77 bits per heavy atom. The summed E-state index contributed by atoms with van der Waals surface area (Å²) in [7, 11) is 0. The Labute approximate surface area is 78.9 Å². The first-order chi connectivity index (χ1) is 5.91. The van der Waals surface area contributed by atoms with Crippen LogP contribution < -0.4 is 0 Å². The summed E-state index contributed by atoms with van der Waals surface area (Å²) in [6.07, 6.45) is 0. The SMILES string of the molecule is CCOCCOCCOCCO.O. The second kappa shape index (κ2) is 14.3. The molecule has 0 amide bonds. The zero-order valence-electron chi connectivity index (χ0n) is 8.12. The fourth-order valence-electron chi connectivity index (χ4n) is 0.649. The van der Waals surface area contributed by atoms with Crippen molar-refractivity contribution >= 4 is 0 Å². The molecule has 0 aromatic rings. The lowest BCUT2D eigenvalue weighted by Crippen LogP contribution is -2.10. The van der Waals surface area contributed by atoms with Crippen LogP contribution in [0.3, 0.4) is 0 Å². The molecule has 0 aliphatic heterocycles. The Hall–Kier alpha value is -0.200. The third kappa shape index (κ3) is 14.6. The third-order valence-electron chi connectivity index (χ3n) is 1.18. The first-order valence-corrected chi connectivity index (χ1v) is 4.26. The molecule has 0 spiro atoms. The molecule has 0 saturated carbocycles. The standard InChI is InChI=1S/C8H18O4.H2O/c1-2-10-5-6-12-8-7-11-4-3-9;/h9H,2-8H2,1H3;1H2. The minimum Gasteiger partial charge on any atom is -0.412 e. The molecule has 13 heavy (non-hydrogen) atoms. The monoisotopic (exact) mass is 196 g/mol.